The maximum atomic E-state index is 11.1. The Balaban J connectivity index is 2.72. The molecule has 0 atom stereocenters. The summed E-state index contributed by atoms with van der Waals surface area (Å²) in [5.74, 6) is 0.796. The first-order chi connectivity index (χ1) is 7.97. The molecule has 0 saturated heterocycles. The molecule has 6 nitrogen and oxygen atoms in total. The molecule has 1 rings (SSSR count). The molecule has 1 heterocycles. The summed E-state index contributed by atoms with van der Waals surface area (Å²) in [6, 6.07) is 0.230. The Morgan fingerprint density at radius 2 is 2.18 bits per heavy atom. The molecule has 6 heteroatoms. The highest BCUT2D eigenvalue weighted by molar-refractivity contribution is 5.76. The van der Waals surface area contributed by atoms with E-state index in [1.807, 2.05) is 25.5 Å². The molecule has 0 aromatic carbocycles. The Morgan fingerprint density at radius 1 is 1.53 bits per heavy atom. The molecule has 17 heavy (non-hydrogen) atoms. The first-order valence-electron chi connectivity index (χ1n) is 5.76. The first kappa shape index (κ1) is 13.3. The fraction of sp³-hybridized carbons (Fsp3) is 0.636. The van der Waals surface area contributed by atoms with Gasteiger partial charge in [0.25, 0.3) is 0 Å². The summed E-state index contributed by atoms with van der Waals surface area (Å²) >= 11 is 0. The first-order valence-corrected chi connectivity index (χ1v) is 5.76. The number of carbonyl (C=O) groups is 1. The number of hydrogen-bond donors (Lipinski definition) is 3. The Labute approximate surface area is 102 Å². The number of carbonyl (C=O) groups excluding carboxylic acids is 1. The van der Waals surface area contributed by atoms with Crippen molar-refractivity contribution in [1.29, 1.82) is 0 Å². The van der Waals surface area contributed by atoms with E-state index in [1.54, 1.807) is 7.05 Å². The van der Waals surface area contributed by atoms with Crippen molar-refractivity contribution >= 4 is 17.4 Å². The molecule has 0 radical (unpaired) electrons. The van der Waals surface area contributed by atoms with Gasteiger partial charge in [0.15, 0.2) is 0 Å². The number of nitrogens with zero attached hydrogens (tertiary/aromatic N) is 2. The van der Waals surface area contributed by atoms with Gasteiger partial charge in [-0.3, -0.25) is 4.79 Å². The SMILES string of the molecule is CNC(=O)CCNc1c(N)c(C)nn1C(C)C. The third-order valence-corrected chi connectivity index (χ3v) is 2.54. The van der Waals surface area contributed by atoms with Crippen molar-refractivity contribution < 1.29 is 4.79 Å². The van der Waals surface area contributed by atoms with Crippen molar-refractivity contribution in [3.8, 4) is 0 Å². The number of amides is 1. The van der Waals surface area contributed by atoms with Crippen LogP contribution in [0.5, 0.6) is 0 Å². The molecule has 0 bridgehead atoms. The van der Waals surface area contributed by atoms with Gasteiger partial charge in [0, 0.05) is 26.1 Å². The number of nitrogen functional groups attached to an aromatic ring is 1. The Bertz CT molecular complexity index is 397. The molecular weight excluding hydrogens is 218 g/mol. The Kier molecular flexibility index (Phi) is 4.37. The monoisotopic (exact) mass is 239 g/mol. The second-order valence-electron chi connectivity index (χ2n) is 4.24. The highest BCUT2D eigenvalue weighted by Gasteiger charge is 2.14. The molecule has 1 aromatic rings. The summed E-state index contributed by atoms with van der Waals surface area (Å²) in [6.45, 7) is 6.49. The van der Waals surface area contributed by atoms with Gasteiger partial charge in [-0.25, -0.2) is 4.68 Å². The van der Waals surface area contributed by atoms with E-state index in [4.69, 9.17) is 5.73 Å². The molecule has 0 aliphatic heterocycles. The van der Waals surface area contributed by atoms with Crippen molar-refractivity contribution in [2.45, 2.75) is 33.2 Å². The number of nitrogens with two attached hydrogens (primary N) is 1. The standard InChI is InChI=1S/C11H21N5O/c1-7(2)16-11(10(12)8(3)15-16)14-6-5-9(17)13-4/h7,14H,5-6,12H2,1-4H3,(H,13,17). The predicted molar refractivity (Wildman–Crippen MR) is 68.9 cm³/mol. The normalized spacial score (nSPS) is 10.6. The molecule has 1 amide bonds. The molecule has 0 fully saturated rings. The van der Waals surface area contributed by atoms with Crippen LogP contribution in [0.1, 0.15) is 32.0 Å². The van der Waals surface area contributed by atoms with Crippen LogP contribution in [0.3, 0.4) is 0 Å². The minimum Gasteiger partial charge on any atom is -0.394 e. The maximum absolute atomic E-state index is 11.1. The van der Waals surface area contributed by atoms with Gasteiger partial charge in [0.2, 0.25) is 5.91 Å². The van der Waals surface area contributed by atoms with Gasteiger partial charge in [0.1, 0.15) is 5.82 Å². The lowest BCUT2D eigenvalue weighted by molar-refractivity contribution is -0.120. The van der Waals surface area contributed by atoms with Gasteiger partial charge in [-0.2, -0.15) is 5.10 Å². The van der Waals surface area contributed by atoms with Crippen LogP contribution < -0.4 is 16.4 Å². The van der Waals surface area contributed by atoms with Crippen LogP contribution in [-0.4, -0.2) is 29.3 Å². The van der Waals surface area contributed by atoms with E-state index in [2.05, 4.69) is 15.7 Å². The topological polar surface area (TPSA) is 85.0 Å². The average Bonchev–Trinajstić information content (AvgIpc) is 2.57. The lowest BCUT2D eigenvalue weighted by atomic mass is 10.3. The molecule has 0 aliphatic carbocycles. The largest absolute Gasteiger partial charge is 0.394 e. The molecule has 0 aliphatic rings. The summed E-state index contributed by atoms with van der Waals surface area (Å²) in [6.07, 6.45) is 0.415. The number of hydrogen-bond acceptors (Lipinski definition) is 4. The van der Waals surface area contributed by atoms with Gasteiger partial charge in [0.05, 0.1) is 11.4 Å². The van der Waals surface area contributed by atoms with Crippen LogP contribution >= 0.6 is 0 Å². The zero-order chi connectivity index (χ0) is 13.0. The third kappa shape index (κ3) is 3.12. The van der Waals surface area contributed by atoms with Crippen LogP contribution in [0.2, 0.25) is 0 Å². The summed E-state index contributed by atoms with van der Waals surface area (Å²) < 4.78 is 1.84. The van der Waals surface area contributed by atoms with Crippen molar-refractivity contribution in [2.75, 3.05) is 24.6 Å². The van der Waals surface area contributed by atoms with Crippen molar-refractivity contribution in [2.24, 2.45) is 0 Å². The zero-order valence-electron chi connectivity index (χ0n) is 10.9. The molecule has 0 unspecified atom stereocenters. The molecular formula is C11H21N5O. The minimum atomic E-state index is 0.00315. The molecule has 0 saturated carbocycles. The number of anilines is 2. The summed E-state index contributed by atoms with van der Waals surface area (Å²) in [7, 11) is 1.62. The number of nitrogens with one attached hydrogen (secondary N) is 2. The summed E-state index contributed by atoms with van der Waals surface area (Å²) in [5, 5.41) is 10.1. The lowest BCUT2D eigenvalue weighted by Crippen LogP contribution is -2.22. The van der Waals surface area contributed by atoms with E-state index < -0.39 is 0 Å². The van der Waals surface area contributed by atoms with Crippen molar-refractivity contribution in [3.63, 3.8) is 0 Å². The fourth-order valence-electron chi connectivity index (χ4n) is 1.53. The van der Waals surface area contributed by atoms with E-state index in [9.17, 15) is 4.79 Å². The van der Waals surface area contributed by atoms with E-state index >= 15 is 0 Å². The van der Waals surface area contributed by atoms with Gasteiger partial charge in [-0.05, 0) is 20.8 Å². The van der Waals surface area contributed by atoms with Crippen LogP contribution in [0.4, 0.5) is 11.5 Å². The summed E-state index contributed by atoms with van der Waals surface area (Å²) in [4.78, 5) is 11.1. The van der Waals surface area contributed by atoms with Gasteiger partial charge >= 0.3 is 0 Å². The minimum absolute atomic E-state index is 0.00315. The van der Waals surface area contributed by atoms with Crippen molar-refractivity contribution in [1.82, 2.24) is 15.1 Å². The zero-order valence-corrected chi connectivity index (χ0v) is 10.9. The fourth-order valence-corrected chi connectivity index (χ4v) is 1.53. The van der Waals surface area contributed by atoms with Crippen molar-refractivity contribution in [3.05, 3.63) is 5.69 Å². The highest BCUT2D eigenvalue weighted by Crippen LogP contribution is 2.25. The van der Waals surface area contributed by atoms with Gasteiger partial charge < -0.3 is 16.4 Å². The third-order valence-electron chi connectivity index (χ3n) is 2.54. The second-order valence-corrected chi connectivity index (χ2v) is 4.24. The second kappa shape index (κ2) is 5.56. The summed E-state index contributed by atoms with van der Waals surface area (Å²) in [5.41, 5.74) is 7.40. The number of aromatic nitrogens is 2. The van der Waals surface area contributed by atoms with Gasteiger partial charge in [-0.1, -0.05) is 0 Å². The predicted octanol–water partition coefficient (Wildman–Crippen LogP) is 0.903. The van der Waals surface area contributed by atoms with Crippen LogP contribution in [0, 0.1) is 6.92 Å². The number of rotatable bonds is 5. The van der Waals surface area contributed by atoms with E-state index in [0.717, 1.165) is 11.5 Å². The highest BCUT2D eigenvalue weighted by atomic mass is 16.1. The Hall–Kier alpha value is -1.72. The Morgan fingerprint density at radius 3 is 2.71 bits per heavy atom. The average molecular weight is 239 g/mol. The molecule has 0 spiro atoms. The quantitative estimate of drug-likeness (QED) is 0.712. The molecule has 96 valence electrons. The van der Waals surface area contributed by atoms with Crippen LogP contribution in [-0.2, 0) is 4.79 Å². The smallest absolute Gasteiger partial charge is 0.221 e. The van der Waals surface area contributed by atoms with Crippen LogP contribution in [0.15, 0.2) is 0 Å². The van der Waals surface area contributed by atoms with E-state index in [-0.39, 0.29) is 11.9 Å². The van der Waals surface area contributed by atoms with E-state index in [1.165, 1.54) is 0 Å². The van der Waals surface area contributed by atoms with E-state index in [0.29, 0.717) is 18.7 Å². The van der Waals surface area contributed by atoms with Crippen LogP contribution in [0.25, 0.3) is 0 Å². The number of aryl methyl sites for hydroxylation is 1. The van der Waals surface area contributed by atoms with Gasteiger partial charge in [-0.15, -0.1) is 0 Å². The molecule has 4 N–H and O–H groups in total. The molecule has 1 aromatic heterocycles. The maximum Gasteiger partial charge on any atom is 0.221 e. The lowest BCUT2D eigenvalue weighted by Gasteiger charge is -2.13.